The van der Waals surface area contributed by atoms with Gasteiger partial charge >= 0.3 is 0 Å². The van der Waals surface area contributed by atoms with Crippen molar-refractivity contribution in [3.63, 3.8) is 0 Å². The van der Waals surface area contributed by atoms with Crippen molar-refractivity contribution in [3.8, 4) is 5.95 Å². The van der Waals surface area contributed by atoms with Gasteiger partial charge in [-0.3, -0.25) is 4.57 Å². The lowest BCUT2D eigenvalue weighted by atomic mass is 10.1. The van der Waals surface area contributed by atoms with Crippen LogP contribution in [0.4, 0.5) is 0 Å². The summed E-state index contributed by atoms with van der Waals surface area (Å²) in [6, 6.07) is 5.75. The maximum Gasteiger partial charge on any atom is 0.234 e. The monoisotopic (exact) mass is 260 g/mol. The topological polar surface area (TPSA) is 56.7 Å². The van der Waals surface area contributed by atoms with Crippen LogP contribution in [0.3, 0.4) is 0 Å². The number of nitrogens with two attached hydrogens (primary N) is 1. The largest absolute Gasteiger partial charge is 0.388 e. The van der Waals surface area contributed by atoms with Crippen LogP contribution in [0.15, 0.2) is 24.4 Å². The zero-order valence-corrected chi connectivity index (χ0v) is 11.5. The first-order valence-corrected chi connectivity index (χ1v) is 6.23. The quantitative estimate of drug-likeness (QED) is 0.861. The second-order valence-electron chi connectivity index (χ2n) is 4.52. The van der Waals surface area contributed by atoms with E-state index in [0.717, 1.165) is 17.1 Å². The van der Waals surface area contributed by atoms with Crippen LogP contribution in [0.25, 0.3) is 5.95 Å². The zero-order chi connectivity index (χ0) is 13.3. The van der Waals surface area contributed by atoms with Crippen LogP contribution >= 0.6 is 12.2 Å². The van der Waals surface area contributed by atoms with Crippen molar-refractivity contribution in [1.29, 1.82) is 0 Å². The van der Waals surface area contributed by atoms with Gasteiger partial charge in [0.05, 0.1) is 5.69 Å². The molecular weight excluding hydrogens is 244 g/mol. The molecule has 0 spiro atoms. The third-order valence-corrected chi connectivity index (χ3v) is 2.88. The first-order valence-electron chi connectivity index (χ1n) is 5.82. The molecule has 2 aromatic rings. The van der Waals surface area contributed by atoms with E-state index in [1.165, 1.54) is 0 Å². The van der Waals surface area contributed by atoms with Gasteiger partial charge in [-0.15, -0.1) is 0 Å². The van der Waals surface area contributed by atoms with Gasteiger partial charge in [0.15, 0.2) is 0 Å². The minimum atomic E-state index is 0.344. The Balaban J connectivity index is 2.57. The summed E-state index contributed by atoms with van der Waals surface area (Å²) < 4.78 is 1.82. The predicted octanol–water partition coefficient (Wildman–Crippen LogP) is 2.33. The summed E-state index contributed by atoms with van der Waals surface area (Å²) in [6.45, 7) is 6.17. The molecule has 0 atom stereocenters. The lowest BCUT2D eigenvalue weighted by Gasteiger charge is -2.11. The van der Waals surface area contributed by atoms with Crippen molar-refractivity contribution in [2.45, 2.75) is 26.7 Å². The highest BCUT2D eigenvalue weighted by molar-refractivity contribution is 7.80. The summed E-state index contributed by atoms with van der Waals surface area (Å²) in [6.07, 6.45) is 1.87. The third kappa shape index (κ3) is 2.41. The Hall–Kier alpha value is -1.75. The Morgan fingerprint density at radius 3 is 2.72 bits per heavy atom. The second kappa shape index (κ2) is 4.86. The molecule has 4 nitrogen and oxygen atoms in total. The molecule has 0 fully saturated rings. The van der Waals surface area contributed by atoms with Crippen molar-refractivity contribution in [3.05, 3.63) is 41.5 Å². The van der Waals surface area contributed by atoms with Gasteiger partial charge in [-0.1, -0.05) is 26.1 Å². The molecule has 0 radical (unpaired) electrons. The van der Waals surface area contributed by atoms with Crippen LogP contribution < -0.4 is 5.73 Å². The van der Waals surface area contributed by atoms with Crippen molar-refractivity contribution in [1.82, 2.24) is 14.5 Å². The Kier molecular flexibility index (Phi) is 3.43. The first-order chi connectivity index (χ1) is 8.49. The molecule has 2 aromatic heterocycles. The summed E-state index contributed by atoms with van der Waals surface area (Å²) in [5, 5.41) is 0. The molecule has 94 valence electrons. The molecule has 0 unspecified atom stereocenters. The number of nitrogens with zero attached hydrogens (tertiary/aromatic N) is 3. The molecule has 0 saturated heterocycles. The number of hydrogen-bond acceptors (Lipinski definition) is 3. The maximum atomic E-state index is 5.69. The minimum absolute atomic E-state index is 0.344. The lowest BCUT2D eigenvalue weighted by Crippen LogP contribution is -2.16. The maximum absolute atomic E-state index is 5.69. The molecule has 0 saturated carbocycles. The van der Waals surface area contributed by atoms with Gasteiger partial charge in [0.25, 0.3) is 0 Å². The van der Waals surface area contributed by atoms with Crippen molar-refractivity contribution < 1.29 is 0 Å². The fourth-order valence-electron chi connectivity index (χ4n) is 1.74. The number of aryl methyl sites for hydroxylation is 1. The summed E-state index contributed by atoms with van der Waals surface area (Å²) in [5.41, 5.74) is 8.39. The Labute approximate surface area is 112 Å². The average Bonchev–Trinajstić information content (AvgIpc) is 2.76. The summed E-state index contributed by atoms with van der Waals surface area (Å²) in [4.78, 5) is 9.34. The number of aromatic nitrogens is 3. The van der Waals surface area contributed by atoms with Crippen LogP contribution in [-0.2, 0) is 0 Å². The van der Waals surface area contributed by atoms with E-state index in [4.69, 9.17) is 18.0 Å². The zero-order valence-electron chi connectivity index (χ0n) is 10.7. The van der Waals surface area contributed by atoms with Gasteiger partial charge in [0.2, 0.25) is 5.95 Å². The first kappa shape index (κ1) is 12.7. The van der Waals surface area contributed by atoms with Crippen LogP contribution in [0.2, 0.25) is 0 Å². The SMILES string of the molecule is Cc1cc(C(C)C)nc(-n2cccc2C(N)=S)n1. The van der Waals surface area contributed by atoms with Gasteiger partial charge in [-0.05, 0) is 31.0 Å². The highest BCUT2D eigenvalue weighted by atomic mass is 32.1. The van der Waals surface area contributed by atoms with Crippen LogP contribution in [0.5, 0.6) is 0 Å². The van der Waals surface area contributed by atoms with E-state index in [9.17, 15) is 0 Å². The summed E-state index contributed by atoms with van der Waals surface area (Å²) >= 11 is 5.02. The van der Waals surface area contributed by atoms with Crippen LogP contribution in [0.1, 0.15) is 36.8 Å². The van der Waals surface area contributed by atoms with E-state index in [1.807, 2.05) is 35.9 Å². The third-order valence-electron chi connectivity index (χ3n) is 2.67. The van der Waals surface area contributed by atoms with E-state index >= 15 is 0 Å². The molecule has 2 N–H and O–H groups in total. The Morgan fingerprint density at radius 2 is 2.11 bits per heavy atom. The van der Waals surface area contributed by atoms with E-state index < -0.39 is 0 Å². The fourth-order valence-corrected chi connectivity index (χ4v) is 1.90. The standard InChI is InChI=1S/C13H16N4S/c1-8(2)10-7-9(3)15-13(16-10)17-6-4-5-11(17)12(14)18/h4-8H,1-3H3,(H2,14,18). The van der Waals surface area contributed by atoms with E-state index in [0.29, 0.717) is 16.9 Å². The molecule has 18 heavy (non-hydrogen) atoms. The van der Waals surface area contributed by atoms with Crippen LogP contribution in [-0.4, -0.2) is 19.5 Å². The predicted molar refractivity (Wildman–Crippen MR) is 76.1 cm³/mol. The number of thiocarbonyl (C=S) groups is 1. The molecule has 0 aliphatic carbocycles. The molecule has 0 aromatic carbocycles. The Morgan fingerprint density at radius 1 is 1.39 bits per heavy atom. The molecule has 0 aliphatic rings. The van der Waals surface area contributed by atoms with E-state index in [1.54, 1.807) is 0 Å². The van der Waals surface area contributed by atoms with Gasteiger partial charge in [0, 0.05) is 17.6 Å². The normalized spacial score (nSPS) is 10.9. The van der Waals surface area contributed by atoms with Gasteiger partial charge in [0.1, 0.15) is 4.99 Å². The summed E-state index contributed by atoms with van der Waals surface area (Å²) in [7, 11) is 0. The molecule has 5 heteroatoms. The highest BCUT2D eigenvalue weighted by Gasteiger charge is 2.11. The lowest BCUT2D eigenvalue weighted by molar-refractivity contribution is 0.785. The molecule has 0 amide bonds. The van der Waals surface area contributed by atoms with Gasteiger partial charge in [-0.2, -0.15) is 0 Å². The Bertz CT molecular complexity index is 586. The molecule has 2 heterocycles. The second-order valence-corrected chi connectivity index (χ2v) is 4.96. The highest BCUT2D eigenvalue weighted by Crippen LogP contribution is 2.16. The number of hydrogen-bond donors (Lipinski definition) is 1. The number of rotatable bonds is 3. The van der Waals surface area contributed by atoms with Crippen LogP contribution in [0, 0.1) is 6.92 Å². The molecular formula is C13H16N4S. The smallest absolute Gasteiger partial charge is 0.234 e. The van der Waals surface area contributed by atoms with Crippen molar-refractivity contribution >= 4 is 17.2 Å². The van der Waals surface area contributed by atoms with E-state index in [-0.39, 0.29) is 0 Å². The van der Waals surface area contributed by atoms with Crippen molar-refractivity contribution in [2.24, 2.45) is 5.73 Å². The van der Waals surface area contributed by atoms with Gasteiger partial charge < -0.3 is 5.73 Å². The average molecular weight is 260 g/mol. The molecule has 0 aliphatic heterocycles. The fraction of sp³-hybridized carbons (Fsp3) is 0.308. The minimum Gasteiger partial charge on any atom is -0.388 e. The molecule has 0 bridgehead atoms. The van der Waals surface area contributed by atoms with E-state index in [2.05, 4.69) is 23.8 Å². The van der Waals surface area contributed by atoms with Crippen molar-refractivity contribution in [2.75, 3.05) is 0 Å². The van der Waals surface area contributed by atoms with Gasteiger partial charge in [-0.25, -0.2) is 9.97 Å². The summed E-state index contributed by atoms with van der Waals surface area (Å²) in [5.74, 6) is 0.973. The molecule has 2 rings (SSSR count).